The Hall–Kier alpha value is -1.44. The van der Waals surface area contributed by atoms with Gasteiger partial charge in [0.1, 0.15) is 11.9 Å². The molecule has 0 saturated carbocycles. The second-order valence-corrected chi connectivity index (χ2v) is 4.83. The Morgan fingerprint density at radius 2 is 2.29 bits per heavy atom. The minimum Gasteiger partial charge on any atom is -0.380 e. The van der Waals surface area contributed by atoms with Crippen LogP contribution in [-0.2, 0) is 11.3 Å². The Balaban J connectivity index is 1.89. The summed E-state index contributed by atoms with van der Waals surface area (Å²) < 4.78 is 18.2. The highest BCUT2D eigenvalue weighted by Crippen LogP contribution is 2.25. The first kappa shape index (κ1) is 12.0. The number of nitrogens with zero attached hydrogens (tertiary/aromatic N) is 1. The molecule has 4 heteroatoms. The molecule has 0 bridgehead atoms. The van der Waals surface area contributed by atoms with Crippen molar-refractivity contribution in [1.29, 1.82) is 5.26 Å². The van der Waals surface area contributed by atoms with E-state index in [1.165, 1.54) is 6.07 Å². The predicted octanol–water partition coefficient (Wildman–Crippen LogP) is 1.82. The second-order valence-electron chi connectivity index (χ2n) is 4.83. The molecular formula is C13H15FN2O. The highest BCUT2D eigenvalue weighted by atomic mass is 19.1. The Morgan fingerprint density at radius 1 is 1.53 bits per heavy atom. The van der Waals surface area contributed by atoms with Gasteiger partial charge < -0.3 is 10.1 Å². The van der Waals surface area contributed by atoms with Gasteiger partial charge in [-0.25, -0.2) is 4.39 Å². The van der Waals surface area contributed by atoms with Gasteiger partial charge >= 0.3 is 0 Å². The molecule has 0 unspecified atom stereocenters. The Morgan fingerprint density at radius 3 is 2.88 bits per heavy atom. The molecule has 90 valence electrons. The van der Waals surface area contributed by atoms with Gasteiger partial charge in [0.25, 0.3) is 0 Å². The van der Waals surface area contributed by atoms with Crippen LogP contribution in [0.2, 0.25) is 0 Å². The fourth-order valence-corrected chi connectivity index (χ4v) is 1.83. The van der Waals surface area contributed by atoms with Crippen LogP contribution in [0.1, 0.15) is 18.1 Å². The molecule has 2 rings (SSSR count). The highest BCUT2D eigenvalue weighted by Gasteiger charge is 2.32. The van der Waals surface area contributed by atoms with Crippen molar-refractivity contribution in [2.75, 3.05) is 19.8 Å². The van der Waals surface area contributed by atoms with Crippen LogP contribution in [0, 0.1) is 22.6 Å². The van der Waals surface area contributed by atoms with Crippen LogP contribution in [0.4, 0.5) is 4.39 Å². The van der Waals surface area contributed by atoms with Crippen LogP contribution in [0.15, 0.2) is 18.2 Å². The molecule has 1 N–H and O–H groups in total. The second kappa shape index (κ2) is 4.82. The minimum atomic E-state index is -0.462. The maximum absolute atomic E-state index is 13.1. The van der Waals surface area contributed by atoms with Crippen LogP contribution >= 0.6 is 0 Å². The summed E-state index contributed by atoms with van der Waals surface area (Å²) in [4.78, 5) is 0. The maximum atomic E-state index is 13.1. The zero-order chi connectivity index (χ0) is 12.3. The van der Waals surface area contributed by atoms with Crippen LogP contribution in [0.5, 0.6) is 0 Å². The Labute approximate surface area is 100 Å². The summed E-state index contributed by atoms with van der Waals surface area (Å²) in [5, 5.41) is 12.0. The molecule has 0 atom stereocenters. The normalized spacial score (nSPS) is 17.2. The lowest BCUT2D eigenvalue weighted by molar-refractivity contribution is -0.0991. The van der Waals surface area contributed by atoms with E-state index in [2.05, 4.69) is 12.2 Å². The molecule has 0 radical (unpaired) electrons. The standard InChI is InChI=1S/C13H15FN2O/c1-13(8-17-9-13)7-16-6-10-2-3-12(14)11(4-10)5-15/h2-4,16H,6-9H2,1H3. The molecule has 0 aromatic heterocycles. The van der Waals surface area contributed by atoms with E-state index in [-0.39, 0.29) is 11.0 Å². The number of ether oxygens (including phenoxy) is 1. The molecular weight excluding hydrogens is 219 g/mol. The minimum absolute atomic E-state index is 0.0995. The van der Waals surface area contributed by atoms with Gasteiger partial charge in [-0.2, -0.15) is 5.26 Å². The lowest BCUT2D eigenvalue weighted by atomic mass is 9.89. The number of nitriles is 1. The monoisotopic (exact) mass is 234 g/mol. The molecule has 3 nitrogen and oxygen atoms in total. The molecule has 0 spiro atoms. The van der Waals surface area contributed by atoms with E-state index >= 15 is 0 Å². The largest absolute Gasteiger partial charge is 0.380 e. The number of hydrogen-bond donors (Lipinski definition) is 1. The lowest BCUT2D eigenvalue weighted by Gasteiger charge is -2.38. The molecule has 1 saturated heterocycles. The first-order chi connectivity index (χ1) is 8.13. The summed E-state index contributed by atoms with van der Waals surface area (Å²) in [6.07, 6.45) is 0. The average molecular weight is 234 g/mol. The number of rotatable bonds is 4. The molecule has 0 amide bonds. The quantitative estimate of drug-likeness (QED) is 0.864. The molecule has 1 aromatic rings. The van der Waals surface area contributed by atoms with E-state index in [0.717, 1.165) is 25.3 Å². The zero-order valence-corrected chi connectivity index (χ0v) is 9.79. The van der Waals surface area contributed by atoms with Crippen molar-refractivity contribution >= 4 is 0 Å². The molecule has 1 heterocycles. The van der Waals surface area contributed by atoms with Gasteiger partial charge in [0.15, 0.2) is 0 Å². The predicted molar refractivity (Wildman–Crippen MR) is 61.7 cm³/mol. The summed E-state index contributed by atoms with van der Waals surface area (Å²) >= 11 is 0. The molecule has 1 aromatic carbocycles. The van der Waals surface area contributed by atoms with Crippen molar-refractivity contribution < 1.29 is 9.13 Å². The number of halogens is 1. The number of nitrogens with one attached hydrogen (secondary N) is 1. The van der Waals surface area contributed by atoms with E-state index in [4.69, 9.17) is 10.00 Å². The summed E-state index contributed by atoms with van der Waals surface area (Å²) in [5.41, 5.74) is 1.24. The van der Waals surface area contributed by atoms with Crippen LogP contribution in [0.25, 0.3) is 0 Å². The summed E-state index contributed by atoms with van der Waals surface area (Å²) in [7, 11) is 0. The van der Waals surface area contributed by atoms with Crippen molar-refractivity contribution in [3.05, 3.63) is 35.1 Å². The Bertz CT molecular complexity index is 449. The van der Waals surface area contributed by atoms with E-state index in [0.29, 0.717) is 6.54 Å². The van der Waals surface area contributed by atoms with Gasteiger partial charge in [0.2, 0.25) is 0 Å². The van der Waals surface area contributed by atoms with Crippen LogP contribution < -0.4 is 5.32 Å². The molecule has 1 aliphatic heterocycles. The van der Waals surface area contributed by atoms with Crippen molar-refractivity contribution in [2.24, 2.45) is 5.41 Å². The first-order valence-electron chi connectivity index (χ1n) is 5.60. The SMILES string of the molecule is CC1(CNCc2ccc(F)c(C#N)c2)COC1. The Kier molecular flexibility index (Phi) is 3.41. The van der Waals surface area contributed by atoms with Crippen LogP contribution in [-0.4, -0.2) is 19.8 Å². The van der Waals surface area contributed by atoms with E-state index in [1.807, 2.05) is 6.07 Å². The van der Waals surface area contributed by atoms with Gasteiger partial charge in [0.05, 0.1) is 18.8 Å². The van der Waals surface area contributed by atoms with Gasteiger partial charge in [-0.15, -0.1) is 0 Å². The van der Waals surface area contributed by atoms with Gasteiger partial charge in [-0.05, 0) is 17.7 Å². The third kappa shape index (κ3) is 2.82. The third-order valence-electron chi connectivity index (χ3n) is 2.93. The van der Waals surface area contributed by atoms with Crippen LogP contribution in [0.3, 0.4) is 0 Å². The number of benzene rings is 1. The van der Waals surface area contributed by atoms with E-state index in [9.17, 15) is 4.39 Å². The van der Waals surface area contributed by atoms with Crippen molar-refractivity contribution in [2.45, 2.75) is 13.5 Å². The van der Waals surface area contributed by atoms with E-state index < -0.39 is 5.82 Å². The van der Waals surface area contributed by atoms with Crippen molar-refractivity contribution in [1.82, 2.24) is 5.32 Å². The van der Waals surface area contributed by atoms with Crippen molar-refractivity contribution in [3.8, 4) is 6.07 Å². The average Bonchev–Trinajstić information content (AvgIpc) is 2.29. The van der Waals surface area contributed by atoms with Crippen molar-refractivity contribution in [3.63, 3.8) is 0 Å². The summed E-state index contributed by atoms with van der Waals surface area (Å²) in [6, 6.07) is 6.46. The molecule has 0 aliphatic carbocycles. The van der Waals surface area contributed by atoms with Gasteiger partial charge in [-0.3, -0.25) is 0 Å². The fourth-order valence-electron chi connectivity index (χ4n) is 1.83. The van der Waals surface area contributed by atoms with Gasteiger partial charge in [0, 0.05) is 18.5 Å². The highest BCUT2D eigenvalue weighted by molar-refractivity contribution is 5.34. The molecule has 17 heavy (non-hydrogen) atoms. The molecule has 1 aliphatic rings. The maximum Gasteiger partial charge on any atom is 0.140 e. The van der Waals surface area contributed by atoms with E-state index in [1.54, 1.807) is 12.1 Å². The summed E-state index contributed by atoms with van der Waals surface area (Å²) in [5.74, 6) is -0.462. The third-order valence-corrected chi connectivity index (χ3v) is 2.93. The smallest absolute Gasteiger partial charge is 0.140 e. The molecule has 1 fully saturated rings. The number of hydrogen-bond acceptors (Lipinski definition) is 3. The lowest BCUT2D eigenvalue weighted by Crippen LogP contribution is -2.47. The zero-order valence-electron chi connectivity index (χ0n) is 9.79. The first-order valence-corrected chi connectivity index (χ1v) is 5.60. The van der Waals surface area contributed by atoms with Gasteiger partial charge in [-0.1, -0.05) is 13.0 Å². The summed E-state index contributed by atoms with van der Waals surface area (Å²) in [6.45, 7) is 5.24. The fraction of sp³-hybridized carbons (Fsp3) is 0.462. The topological polar surface area (TPSA) is 45.0 Å².